The van der Waals surface area contributed by atoms with Crippen LogP contribution < -0.4 is 4.74 Å². The van der Waals surface area contributed by atoms with Gasteiger partial charge in [-0.25, -0.2) is 8.78 Å². The number of pyridine rings is 1. The lowest BCUT2D eigenvalue weighted by Gasteiger charge is -2.23. The molecule has 0 spiro atoms. The van der Waals surface area contributed by atoms with E-state index in [2.05, 4.69) is 0 Å². The van der Waals surface area contributed by atoms with E-state index in [1.807, 2.05) is 30.3 Å². The zero-order valence-electron chi connectivity index (χ0n) is 18.5. The van der Waals surface area contributed by atoms with Gasteiger partial charge in [0.1, 0.15) is 11.9 Å². The quantitative estimate of drug-likeness (QED) is 0.459. The molecular weight excluding hydrogens is 460 g/mol. The van der Waals surface area contributed by atoms with Gasteiger partial charge in [-0.2, -0.15) is 0 Å². The first-order valence-corrected chi connectivity index (χ1v) is 11.9. The Morgan fingerprint density at radius 2 is 1.91 bits per heavy atom. The third-order valence-electron chi connectivity index (χ3n) is 5.96. The maximum atomic E-state index is 14.3. The summed E-state index contributed by atoms with van der Waals surface area (Å²) in [6.07, 6.45) is 4.48. The van der Waals surface area contributed by atoms with E-state index in [-0.39, 0.29) is 12.3 Å². The molecule has 8 heteroatoms. The number of halogens is 2. The predicted molar refractivity (Wildman–Crippen MR) is 125 cm³/mol. The first-order chi connectivity index (χ1) is 16.4. The van der Waals surface area contributed by atoms with E-state index in [9.17, 15) is 18.7 Å². The van der Waals surface area contributed by atoms with Crippen LogP contribution >= 0.6 is 11.8 Å². The molecule has 0 bridgehead atoms. The lowest BCUT2D eigenvalue weighted by molar-refractivity contribution is -0.156. The van der Waals surface area contributed by atoms with Crippen LogP contribution in [0.2, 0.25) is 0 Å². The Morgan fingerprint density at radius 3 is 2.59 bits per heavy atom. The largest absolute Gasteiger partial charge is 0.497 e. The number of ether oxygens (including phenoxy) is 2. The first-order valence-electron chi connectivity index (χ1n) is 11.1. The van der Waals surface area contributed by atoms with Gasteiger partial charge < -0.3 is 14.6 Å². The lowest BCUT2D eigenvalue weighted by Crippen LogP contribution is -2.31. The Bertz CT molecular complexity index is 1270. The van der Waals surface area contributed by atoms with Crippen molar-refractivity contribution in [2.75, 3.05) is 7.11 Å². The Labute approximate surface area is 199 Å². The molecule has 2 heterocycles. The number of carbonyl (C=O) groups excluding carboxylic acids is 1. The van der Waals surface area contributed by atoms with Crippen LogP contribution in [0.15, 0.2) is 52.3 Å². The SMILES string of the molecule is COc1ccc(Sc2c(/C=C/[C@@H]3C[C@@H](O)CC(=O)O3)c(C3CC3)nc3cc(F)c(F)cc23)cc1. The van der Waals surface area contributed by atoms with E-state index >= 15 is 0 Å². The van der Waals surface area contributed by atoms with Gasteiger partial charge in [-0.05, 0) is 49.2 Å². The van der Waals surface area contributed by atoms with Crippen LogP contribution in [0.1, 0.15) is 42.9 Å². The van der Waals surface area contributed by atoms with Gasteiger partial charge in [0.15, 0.2) is 11.6 Å². The standard InChI is InChI=1S/C26H23F2NO4S/c1-32-16-4-7-18(8-5-16)34-26-19(9-6-17-10-15(30)11-24(31)33-17)25(14-2-3-14)29-23-13-22(28)21(27)12-20(23)26/h4-9,12-15,17,30H,2-3,10-11H2,1H3/b9-6+/t15-,17-/m1/s1. The normalized spacial score (nSPS) is 20.6. The molecule has 3 aromatic rings. The van der Waals surface area contributed by atoms with E-state index < -0.39 is 29.8 Å². The minimum atomic E-state index is -0.940. The Hall–Kier alpha value is -2.97. The molecule has 176 valence electrons. The number of rotatable bonds is 6. The highest BCUT2D eigenvalue weighted by Gasteiger charge is 2.31. The first kappa shape index (κ1) is 22.8. The van der Waals surface area contributed by atoms with E-state index in [4.69, 9.17) is 14.5 Å². The molecule has 1 saturated carbocycles. The minimum Gasteiger partial charge on any atom is -0.497 e. The average molecular weight is 484 g/mol. The number of hydrogen-bond acceptors (Lipinski definition) is 6. The van der Waals surface area contributed by atoms with Crippen molar-refractivity contribution in [3.63, 3.8) is 0 Å². The summed E-state index contributed by atoms with van der Waals surface area (Å²) >= 11 is 1.43. The van der Waals surface area contributed by atoms with Crippen molar-refractivity contribution in [2.45, 2.75) is 53.6 Å². The number of aliphatic hydroxyl groups excluding tert-OH is 1. The second-order valence-electron chi connectivity index (χ2n) is 8.56. The Morgan fingerprint density at radius 1 is 1.18 bits per heavy atom. The fourth-order valence-electron chi connectivity index (χ4n) is 4.09. The molecule has 2 atom stereocenters. The molecule has 5 nitrogen and oxygen atoms in total. The summed E-state index contributed by atoms with van der Waals surface area (Å²) < 4.78 is 39.0. The molecule has 0 amide bonds. The van der Waals surface area contributed by atoms with Crippen molar-refractivity contribution in [1.82, 2.24) is 4.98 Å². The zero-order valence-corrected chi connectivity index (χ0v) is 19.3. The number of esters is 1. The molecule has 5 rings (SSSR count). The highest BCUT2D eigenvalue weighted by molar-refractivity contribution is 7.99. The molecule has 2 aromatic carbocycles. The van der Waals surface area contributed by atoms with Crippen LogP contribution in [0.3, 0.4) is 0 Å². The molecule has 1 aromatic heterocycles. The van der Waals surface area contributed by atoms with Crippen molar-refractivity contribution in [1.29, 1.82) is 0 Å². The molecule has 2 aliphatic rings. The van der Waals surface area contributed by atoms with Gasteiger partial charge in [0.25, 0.3) is 0 Å². The summed E-state index contributed by atoms with van der Waals surface area (Å²) in [5.74, 6) is -1.38. The predicted octanol–water partition coefficient (Wildman–Crippen LogP) is 5.63. The highest BCUT2D eigenvalue weighted by Crippen LogP contribution is 2.46. The molecule has 1 aliphatic carbocycles. The second-order valence-corrected chi connectivity index (χ2v) is 9.64. The molecule has 1 aliphatic heterocycles. The summed E-state index contributed by atoms with van der Waals surface area (Å²) in [6, 6.07) is 9.81. The third-order valence-corrected chi connectivity index (χ3v) is 7.11. The molecule has 2 fully saturated rings. The number of aromatic nitrogens is 1. The van der Waals surface area contributed by atoms with E-state index in [0.29, 0.717) is 23.1 Å². The highest BCUT2D eigenvalue weighted by atomic mass is 32.2. The number of aliphatic hydroxyl groups is 1. The van der Waals surface area contributed by atoms with Gasteiger partial charge in [0.2, 0.25) is 0 Å². The van der Waals surface area contributed by atoms with Crippen molar-refractivity contribution in [2.24, 2.45) is 0 Å². The minimum absolute atomic E-state index is 0.0153. The average Bonchev–Trinajstić information content (AvgIpc) is 3.64. The monoisotopic (exact) mass is 483 g/mol. The van der Waals surface area contributed by atoms with Crippen LogP contribution in [0.4, 0.5) is 8.78 Å². The van der Waals surface area contributed by atoms with Crippen LogP contribution in [0.25, 0.3) is 17.0 Å². The van der Waals surface area contributed by atoms with Crippen LogP contribution in [-0.2, 0) is 9.53 Å². The molecule has 0 unspecified atom stereocenters. The number of hydrogen-bond donors (Lipinski definition) is 1. The number of benzene rings is 2. The van der Waals surface area contributed by atoms with Gasteiger partial charge >= 0.3 is 5.97 Å². The molecule has 1 N–H and O–H groups in total. The topological polar surface area (TPSA) is 68.7 Å². The van der Waals surface area contributed by atoms with Crippen molar-refractivity contribution < 1.29 is 28.2 Å². The molecule has 34 heavy (non-hydrogen) atoms. The van der Waals surface area contributed by atoms with Crippen molar-refractivity contribution in [3.05, 3.63) is 65.4 Å². The maximum Gasteiger partial charge on any atom is 0.309 e. The lowest BCUT2D eigenvalue weighted by atomic mass is 10.0. The molecular formula is C26H23F2NO4S. The van der Waals surface area contributed by atoms with Gasteiger partial charge in [0.05, 0.1) is 30.8 Å². The summed E-state index contributed by atoms with van der Waals surface area (Å²) in [6.45, 7) is 0. The number of cyclic esters (lactones) is 1. The van der Waals surface area contributed by atoms with Gasteiger partial charge in [-0.15, -0.1) is 0 Å². The molecule has 0 radical (unpaired) electrons. The number of nitrogens with zero attached hydrogens (tertiary/aromatic N) is 1. The number of carbonyl (C=O) groups is 1. The van der Waals surface area contributed by atoms with Crippen molar-refractivity contribution >= 4 is 34.7 Å². The van der Waals surface area contributed by atoms with E-state index in [1.54, 1.807) is 13.2 Å². The smallest absolute Gasteiger partial charge is 0.309 e. The summed E-state index contributed by atoms with van der Waals surface area (Å²) in [5, 5.41) is 10.5. The second kappa shape index (κ2) is 9.35. The molecule has 1 saturated heterocycles. The Kier molecular flexibility index (Phi) is 6.27. The summed E-state index contributed by atoms with van der Waals surface area (Å²) in [4.78, 5) is 18.1. The summed E-state index contributed by atoms with van der Waals surface area (Å²) in [5.41, 5.74) is 2.00. The fourth-order valence-corrected chi connectivity index (χ4v) is 5.16. The third kappa shape index (κ3) is 4.79. The zero-order chi connectivity index (χ0) is 23.8. The summed E-state index contributed by atoms with van der Waals surface area (Å²) in [7, 11) is 1.59. The van der Waals surface area contributed by atoms with E-state index in [1.165, 1.54) is 17.8 Å². The van der Waals surface area contributed by atoms with Gasteiger partial charge in [0, 0.05) is 39.1 Å². The number of methoxy groups -OCH3 is 1. The van der Waals surface area contributed by atoms with Gasteiger partial charge in [-0.3, -0.25) is 9.78 Å². The maximum absolute atomic E-state index is 14.3. The van der Waals surface area contributed by atoms with Crippen LogP contribution in [0, 0.1) is 11.6 Å². The van der Waals surface area contributed by atoms with Crippen LogP contribution in [-0.4, -0.2) is 35.4 Å². The Balaban J connectivity index is 1.64. The van der Waals surface area contributed by atoms with Crippen molar-refractivity contribution in [3.8, 4) is 5.75 Å². The van der Waals surface area contributed by atoms with Gasteiger partial charge in [-0.1, -0.05) is 17.8 Å². The van der Waals surface area contributed by atoms with E-state index in [0.717, 1.165) is 40.0 Å². The fraction of sp³-hybridized carbons (Fsp3) is 0.308. The van der Waals surface area contributed by atoms with Crippen LogP contribution in [0.5, 0.6) is 5.75 Å². The number of fused-ring (bicyclic) bond motifs is 1.